The molecule has 1 unspecified atom stereocenters. The summed E-state index contributed by atoms with van der Waals surface area (Å²) in [6, 6.07) is 17.1. The van der Waals surface area contributed by atoms with Crippen LogP contribution in [-0.4, -0.2) is 28.5 Å². The topological polar surface area (TPSA) is 52.6 Å². The third kappa shape index (κ3) is 3.95. The first kappa shape index (κ1) is 16.5. The maximum Gasteiger partial charge on any atom is 0.237 e. The number of benzene rings is 2. The van der Waals surface area contributed by atoms with Crippen molar-refractivity contribution in [2.24, 2.45) is 0 Å². The van der Waals surface area contributed by atoms with Gasteiger partial charge in [0.25, 0.3) is 0 Å². The monoisotopic (exact) mass is 324 g/mol. The molecule has 0 bridgehead atoms. The van der Waals surface area contributed by atoms with Crippen LogP contribution in [0.2, 0.25) is 0 Å². The van der Waals surface area contributed by atoms with Crippen molar-refractivity contribution >= 4 is 5.91 Å². The van der Waals surface area contributed by atoms with Gasteiger partial charge < -0.3 is 10.4 Å². The van der Waals surface area contributed by atoms with Crippen LogP contribution in [0.5, 0.6) is 5.75 Å². The van der Waals surface area contributed by atoms with Crippen LogP contribution in [0, 0.1) is 0 Å². The van der Waals surface area contributed by atoms with Gasteiger partial charge in [-0.1, -0.05) is 42.5 Å². The lowest BCUT2D eigenvalue weighted by atomic mass is 10.1. The summed E-state index contributed by atoms with van der Waals surface area (Å²) in [7, 11) is 0. The van der Waals surface area contributed by atoms with Crippen LogP contribution >= 0.6 is 0 Å². The predicted octanol–water partition coefficient (Wildman–Crippen LogP) is 3.23. The highest BCUT2D eigenvalue weighted by Gasteiger charge is 2.31. The fourth-order valence-corrected chi connectivity index (χ4v) is 3.32. The summed E-state index contributed by atoms with van der Waals surface area (Å²) in [5.41, 5.74) is 2.15. The Balaban J connectivity index is 1.63. The number of phenolic OH excluding ortho intramolecular Hbond substituents is 1. The van der Waals surface area contributed by atoms with Gasteiger partial charge in [0.1, 0.15) is 5.75 Å². The van der Waals surface area contributed by atoms with Crippen molar-refractivity contribution in [2.75, 3.05) is 6.54 Å². The summed E-state index contributed by atoms with van der Waals surface area (Å²) in [5, 5.41) is 12.7. The lowest BCUT2D eigenvalue weighted by Gasteiger charge is -2.25. The quantitative estimate of drug-likeness (QED) is 0.888. The maximum atomic E-state index is 12.7. The molecule has 0 aliphatic carbocycles. The van der Waals surface area contributed by atoms with E-state index in [0.717, 1.165) is 31.5 Å². The molecule has 3 rings (SSSR count). The normalized spacial score (nSPS) is 19.1. The third-order valence-electron chi connectivity index (χ3n) is 4.62. The Hall–Kier alpha value is -2.33. The van der Waals surface area contributed by atoms with Crippen LogP contribution in [-0.2, 0) is 11.3 Å². The van der Waals surface area contributed by atoms with E-state index in [4.69, 9.17) is 0 Å². The van der Waals surface area contributed by atoms with E-state index in [2.05, 4.69) is 22.3 Å². The van der Waals surface area contributed by atoms with Crippen LogP contribution in [0.1, 0.15) is 36.9 Å². The van der Waals surface area contributed by atoms with Gasteiger partial charge in [-0.25, -0.2) is 0 Å². The van der Waals surface area contributed by atoms with Crippen molar-refractivity contribution < 1.29 is 9.90 Å². The van der Waals surface area contributed by atoms with Crippen molar-refractivity contribution in [3.05, 3.63) is 65.7 Å². The molecule has 1 fully saturated rings. The molecule has 2 N–H and O–H groups in total. The van der Waals surface area contributed by atoms with Gasteiger partial charge >= 0.3 is 0 Å². The number of likely N-dealkylation sites (tertiary alicyclic amines) is 1. The minimum Gasteiger partial charge on any atom is -0.508 e. The second kappa shape index (κ2) is 7.49. The van der Waals surface area contributed by atoms with Gasteiger partial charge in [0.15, 0.2) is 0 Å². The standard InChI is InChI=1S/C20H24N2O2/c1-15(17-9-5-10-18(23)13-17)21-20(24)19-11-6-12-22(19)14-16-7-3-2-4-8-16/h2-5,7-10,13,15,19,23H,6,11-12,14H2,1H3,(H,21,24)/t15-,19?/m1/s1. The van der Waals surface area contributed by atoms with E-state index >= 15 is 0 Å². The first-order chi connectivity index (χ1) is 11.6. The Labute approximate surface area is 143 Å². The van der Waals surface area contributed by atoms with Crippen molar-refractivity contribution in [3.63, 3.8) is 0 Å². The summed E-state index contributed by atoms with van der Waals surface area (Å²) in [6.45, 7) is 3.70. The summed E-state index contributed by atoms with van der Waals surface area (Å²) in [5.74, 6) is 0.291. The number of aromatic hydroxyl groups is 1. The van der Waals surface area contributed by atoms with E-state index in [1.807, 2.05) is 31.2 Å². The third-order valence-corrected chi connectivity index (χ3v) is 4.62. The maximum absolute atomic E-state index is 12.7. The van der Waals surface area contributed by atoms with Crippen molar-refractivity contribution in [1.82, 2.24) is 10.2 Å². The van der Waals surface area contributed by atoms with Gasteiger partial charge in [-0.05, 0) is 49.6 Å². The second-order valence-corrected chi connectivity index (χ2v) is 6.44. The molecule has 1 saturated heterocycles. The second-order valence-electron chi connectivity index (χ2n) is 6.44. The summed E-state index contributed by atoms with van der Waals surface area (Å²) in [4.78, 5) is 14.9. The number of nitrogens with one attached hydrogen (secondary N) is 1. The number of carbonyl (C=O) groups is 1. The average molecular weight is 324 g/mol. The molecule has 126 valence electrons. The van der Waals surface area contributed by atoms with E-state index in [0.29, 0.717) is 0 Å². The van der Waals surface area contributed by atoms with Gasteiger partial charge in [-0.3, -0.25) is 9.69 Å². The molecule has 0 spiro atoms. The van der Waals surface area contributed by atoms with Gasteiger partial charge in [0, 0.05) is 6.54 Å². The van der Waals surface area contributed by atoms with Crippen molar-refractivity contribution in [2.45, 2.75) is 38.4 Å². The summed E-state index contributed by atoms with van der Waals surface area (Å²) < 4.78 is 0. The largest absolute Gasteiger partial charge is 0.508 e. The molecule has 4 nitrogen and oxygen atoms in total. The molecule has 1 amide bonds. The van der Waals surface area contributed by atoms with E-state index in [1.54, 1.807) is 18.2 Å². The lowest BCUT2D eigenvalue weighted by Crippen LogP contribution is -2.43. The molecule has 2 atom stereocenters. The van der Waals surface area contributed by atoms with E-state index in [-0.39, 0.29) is 23.7 Å². The Morgan fingerprint density at radius 1 is 1.25 bits per heavy atom. The predicted molar refractivity (Wildman–Crippen MR) is 94.5 cm³/mol. The Kier molecular flexibility index (Phi) is 5.16. The molecule has 0 aromatic heterocycles. The highest BCUT2D eigenvalue weighted by molar-refractivity contribution is 5.82. The summed E-state index contributed by atoms with van der Waals surface area (Å²) >= 11 is 0. The van der Waals surface area contributed by atoms with Crippen molar-refractivity contribution in [3.8, 4) is 5.75 Å². The SMILES string of the molecule is C[C@@H](NC(=O)C1CCCN1Cc1ccccc1)c1cccc(O)c1. The Morgan fingerprint density at radius 2 is 2.04 bits per heavy atom. The molecule has 2 aromatic carbocycles. The molecule has 0 saturated carbocycles. The van der Waals surface area contributed by atoms with Crippen LogP contribution in [0.25, 0.3) is 0 Å². The van der Waals surface area contributed by atoms with Gasteiger partial charge in [0.05, 0.1) is 12.1 Å². The van der Waals surface area contributed by atoms with Crippen LogP contribution in [0.3, 0.4) is 0 Å². The van der Waals surface area contributed by atoms with E-state index in [1.165, 1.54) is 5.56 Å². The van der Waals surface area contributed by atoms with Crippen molar-refractivity contribution in [1.29, 1.82) is 0 Å². The number of nitrogens with zero attached hydrogens (tertiary/aromatic N) is 1. The van der Waals surface area contributed by atoms with Gasteiger partial charge in [-0.2, -0.15) is 0 Å². The highest BCUT2D eigenvalue weighted by atomic mass is 16.3. The Morgan fingerprint density at radius 3 is 2.79 bits per heavy atom. The first-order valence-electron chi connectivity index (χ1n) is 8.51. The molecule has 1 heterocycles. The Bertz CT molecular complexity index is 687. The summed E-state index contributed by atoms with van der Waals surface area (Å²) in [6.07, 6.45) is 1.94. The van der Waals surface area contributed by atoms with E-state index in [9.17, 15) is 9.90 Å². The molecule has 0 radical (unpaired) electrons. The van der Waals surface area contributed by atoms with Crippen LogP contribution in [0.4, 0.5) is 0 Å². The average Bonchev–Trinajstić information content (AvgIpc) is 3.04. The number of hydrogen-bond acceptors (Lipinski definition) is 3. The fourth-order valence-electron chi connectivity index (χ4n) is 3.32. The zero-order chi connectivity index (χ0) is 16.9. The fraction of sp³-hybridized carbons (Fsp3) is 0.350. The smallest absolute Gasteiger partial charge is 0.237 e. The number of rotatable bonds is 5. The number of phenols is 1. The van der Waals surface area contributed by atoms with E-state index < -0.39 is 0 Å². The van der Waals surface area contributed by atoms with Crippen LogP contribution in [0.15, 0.2) is 54.6 Å². The lowest BCUT2D eigenvalue weighted by molar-refractivity contribution is -0.126. The molecule has 24 heavy (non-hydrogen) atoms. The minimum absolute atomic E-state index is 0.0688. The molecule has 4 heteroatoms. The zero-order valence-corrected chi connectivity index (χ0v) is 14.0. The molecule has 1 aliphatic rings. The number of hydrogen-bond donors (Lipinski definition) is 2. The number of carbonyl (C=O) groups excluding carboxylic acids is 1. The number of amides is 1. The minimum atomic E-state index is -0.122. The first-order valence-corrected chi connectivity index (χ1v) is 8.51. The molecule has 2 aromatic rings. The zero-order valence-electron chi connectivity index (χ0n) is 14.0. The van der Waals surface area contributed by atoms with Gasteiger partial charge in [-0.15, -0.1) is 0 Å². The van der Waals surface area contributed by atoms with Gasteiger partial charge in [0.2, 0.25) is 5.91 Å². The molecular weight excluding hydrogens is 300 g/mol. The van der Waals surface area contributed by atoms with Crippen LogP contribution < -0.4 is 5.32 Å². The molecule has 1 aliphatic heterocycles. The highest BCUT2D eigenvalue weighted by Crippen LogP contribution is 2.22. The molecular formula is C20H24N2O2.